The van der Waals surface area contributed by atoms with Crippen LogP contribution < -0.4 is 0 Å². The number of hydrogen-bond acceptors (Lipinski definition) is 8. The minimum Gasteiger partial charge on any atom is -0.774 e. The molecule has 0 unspecified atom stereocenters. The van der Waals surface area contributed by atoms with Crippen LogP contribution in [0.25, 0.3) is 0 Å². The van der Waals surface area contributed by atoms with Crippen molar-refractivity contribution < 1.29 is 16.5 Å². The molecule has 9 heteroatoms. The molecule has 0 aromatic carbocycles. The van der Waals surface area contributed by atoms with E-state index in [9.17, 15) is 0 Å². The van der Waals surface area contributed by atoms with Gasteiger partial charge < -0.3 is 50.5 Å². The molecule has 2 aliphatic rings. The third-order valence-electron chi connectivity index (χ3n) is 2.34. The van der Waals surface area contributed by atoms with Crippen LogP contribution >= 0.6 is 47.0 Å². The van der Waals surface area contributed by atoms with Gasteiger partial charge in [0.2, 0.25) is 0 Å². The van der Waals surface area contributed by atoms with Crippen molar-refractivity contribution in [2.75, 3.05) is 23.0 Å². The molecule has 2 heterocycles. The molecule has 0 bridgehead atoms. The van der Waals surface area contributed by atoms with Crippen LogP contribution in [0.5, 0.6) is 0 Å². The molecular formula is C12H16NiS8-4. The van der Waals surface area contributed by atoms with Crippen molar-refractivity contribution in [3.63, 3.8) is 0 Å². The Kier molecular flexibility index (Phi) is 16.1. The zero-order valence-electron chi connectivity index (χ0n) is 11.2. The summed E-state index contributed by atoms with van der Waals surface area (Å²) in [7, 11) is 0. The largest absolute Gasteiger partial charge is 0.774 e. The van der Waals surface area contributed by atoms with Crippen LogP contribution in [0, 0.1) is 0 Å². The molecule has 0 aromatic heterocycles. The predicted molar refractivity (Wildman–Crippen MR) is 112 cm³/mol. The molecule has 0 saturated heterocycles. The summed E-state index contributed by atoms with van der Waals surface area (Å²) in [5.74, 6) is 4.61. The van der Waals surface area contributed by atoms with Gasteiger partial charge in [0.15, 0.2) is 0 Å². The van der Waals surface area contributed by atoms with E-state index in [2.05, 4.69) is 0 Å². The smallest absolute Gasteiger partial charge is 0 e. The summed E-state index contributed by atoms with van der Waals surface area (Å²) in [6.45, 7) is 0. The van der Waals surface area contributed by atoms with E-state index in [0.29, 0.717) is 0 Å². The van der Waals surface area contributed by atoms with Gasteiger partial charge in [-0.1, -0.05) is 0 Å². The molecule has 0 nitrogen and oxygen atoms in total. The Balaban J connectivity index is 0.000000364. The molecule has 0 saturated carbocycles. The molecule has 2 aliphatic heterocycles. The van der Waals surface area contributed by atoms with Crippen molar-refractivity contribution in [3.05, 3.63) is 16.9 Å². The summed E-state index contributed by atoms with van der Waals surface area (Å²) < 4.78 is 3.72. The van der Waals surface area contributed by atoms with Crippen LogP contribution in [0.15, 0.2) is 16.9 Å². The van der Waals surface area contributed by atoms with Crippen LogP contribution in [0.2, 0.25) is 0 Å². The Hall–Kier alpha value is 2.25. The Bertz CT molecular complexity index is 289. The third-order valence-corrected chi connectivity index (χ3v) is 9.44. The molecule has 0 fully saturated rings. The molecule has 126 valence electrons. The van der Waals surface area contributed by atoms with E-state index in [1.807, 2.05) is 0 Å². The molecule has 0 amide bonds. The monoisotopic (exact) mass is 474 g/mol. The van der Waals surface area contributed by atoms with Gasteiger partial charge in [-0.2, -0.15) is 64.0 Å². The average molecular weight is 475 g/mol. The van der Waals surface area contributed by atoms with Gasteiger partial charge in [0.25, 0.3) is 0 Å². The summed E-state index contributed by atoms with van der Waals surface area (Å²) >= 11 is 27.2. The van der Waals surface area contributed by atoms with Crippen molar-refractivity contribution >= 4 is 97.6 Å². The van der Waals surface area contributed by atoms with Gasteiger partial charge in [0, 0.05) is 16.5 Å². The van der Waals surface area contributed by atoms with Crippen LogP contribution in [0.4, 0.5) is 0 Å². The summed E-state index contributed by atoms with van der Waals surface area (Å²) in [6, 6.07) is 0. The quantitative estimate of drug-likeness (QED) is 0.353. The van der Waals surface area contributed by atoms with Gasteiger partial charge in [-0.3, -0.25) is 0 Å². The van der Waals surface area contributed by atoms with E-state index in [1.165, 1.54) is 25.7 Å². The zero-order chi connectivity index (χ0) is 14.8. The first-order valence-corrected chi connectivity index (χ1v) is 11.9. The second-order valence-corrected chi connectivity index (χ2v) is 11.0. The van der Waals surface area contributed by atoms with Gasteiger partial charge in [-0.15, -0.1) is 0 Å². The predicted octanol–water partition coefficient (Wildman–Crippen LogP) is 4.93. The zero-order valence-corrected chi connectivity index (χ0v) is 18.8. The second kappa shape index (κ2) is 14.6. The van der Waals surface area contributed by atoms with Gasteiger partial charge >= 0.3 is 0 Å². The maximum absolute atomic E-state index is 5.08. The van der Waals surface area contributed by atoms with Gasteiger partial charge in [0.05, 0.1) is 0 Å². The molecule has 2 rings (SSSR count). The van der Waals surface area contributed by atoms with Crippen molar-refractivity contribution in [3.8, 4) is 0 Å². The van der Waals surface area contributed by atoms with Gasteiger partial charge in [-0.05, 0) is 48.7 Å². The Morgan fingerprint density at radius 2 is 0.667 bits per heavy atom. The molecule has 0 aromatic rings. The maximum Gasteiger partial charge on any atom is 0 e. The van der Waals surface area contributed by atoms with Gasteiger partial charge in [-0.25, -0.2) is 0 Å². The van der Waals surface area contributed by atoms with E-state index in [1.54, 1.807) is 47.0 Å². The summed E-state index contributed by atoms with van der Waals surface area (Å²) in [6.07, 6.45) is 5.11. The molecule has 0 N–H and O–H groups in total. The van der Waals surface area contributed by atoms with Gasteiger partial charge in [0.1, 0.15) is 0 Å². The SMILES string of the molecule is [Ni].[S-]/C1=C(\[S-])SCCCCS1.[S-]/C1=C(\[S-])SCCCCS1. The standard InChI is InChI=1S/2C6H10S4.Ni/c2*7-5-6(8)10-4-2-1-3-9-5;/h2*7-8H,1-4H2;/p-4/b2*6-5-;. The molecule has 0 radical (unpaired) electrons. The second-order valence-electron chi connectivity index (χ2n) is 3.96. The van der Waals surface area contributed by atoms with Crippen LogP contribution in [0.3, 0.4) is 0 Å². The molecular weight excluding hydrogens is 459 g/mol. The molecule has 21 heavy (non-hydrogen) atoms. The van der Waals surface area contributed by atoms with Crippen molar-refractivity contribution in [2.24, 2.45) is 0 Å². The fourth-order valence-electron chi connectivity index (χ4n) is 1.30. The summed E-state index contributed by atoms with van der Waals surface area (Å²) in [5, 5.41) is 0. The molecule has 0 atom stereocenters. The average Bonchev–Trinajstić information content (AvgIpc) is 2.42. The number of hydrogen-bond donors (Lipinski definition) is 0. The van der Waals surface area contributed by atoms with E-state index in [0.717, 1.165) is 40.0 Å². The normalized spacial score (nSPS) is 27.8. The number of thioether (sulfide) groups is 4. The Morgan fingerprint density at radius 1 is 0.476 bits per heavy atom. The minimum absolute atomic E-state index is 0. The van der Waals surface area contributed by atoms with Crippen LogP contribution in [0.1, 0.15) is 25.7 Å². The van der Waals surface area contributed by atoms with E-state index in [4.69, 9.17) is 50.5 Å². The van der Waals surface area contributed by atoms with Crippen molar-refractivity contribution in [2.45, 2.75) is 25.7 Å². The molecule has 0 aliphatic carbocycles. The fourth-order valence-corrected chi connectivity index (χ4v) is 6.32. The first-order chi connectivity index (χ1) is 9.61. The first kappa shape index (κ1) is 23.3. The topological polar surface area (TPSA) is 0 Å². The molecule has 0 spiro atoms. The number of rotatable bonds is 0. The summed E-state index contributed by atoms with van der Waals surface area (Å²) in [5.41, 5.74) is 0. The van der Waals surface area contributed by atoms with E-state index in [-0.39, 0.29) is 16.5 Å². The minimum atomic E-state index is 0. The van der Waals surface area contributed by atoms with Crippen molar-refractivity contribution in [1.82, 2.24) is 0 Å². The summed E-state index contributed by atoms with van der Waals surface area (Å²) in [4.78, 5) is 0. The Morgan fingerprint density at radius 3 is 0.857 bits per heavy atom. The fraction of sp³-hybridized carbons (Fsp3) is 0.667. The van der Waals surface area contributed by atoms with Crippen LogP contribution in [-0.4, -0.2) is 23.0 Å². The van der Waals surface area contributed by atoms with E-state index >= 15 is 0 Å². The third kappa shape index (κ3) is 11.4. The van der Waals surface area contributed by atoms with E-state index < -0.39 is 0 Å². The first-order valence-electron chi connectivity index (χ1n) is 6.29. The van der Waals surface area contributed by atoms with Crippen LogP contribution in [-0.2, 0) is 67.0 Å². The Labute approximate surface area is 178 Å². The maximum atomic E-state index is 5.08. The van der Waals surface area contributed by atoms with Crippen molar-refractivity contribution in [1.29, 1.82) is 0 Å².